The number of carbonyl (C=O) groups is 2. The average molecular weight is 401 g/mol. The van der Waals surface area contributed by atoms with Crippen molar-refractivity contribution in [2.24, 2.45) is 0 Å². The van der Waals surface area contributed by atoms with E-state index < -0.39 is 5.54 Å². The van der Waals surface area contributed by atoms with Crippen LogP contribution in [0.2, 0.25) is 5.02 Å². The third kappa shape index (κ3) is 3.98. The Morgan fingerprint density at radius 3 is 2.46 bits per heavy atom. The minimum atomic E-state index is -0.442. The number of nitrogens with one attached hydrogen (secondary N) is 1. The van der Waals surface area contributed by atoms with E-state index in [-0.39, 0.29) is 12.0 Å². The molecule has 2 heterocycles. The van der Waals surface area contributed by atoms with Crippen molar-refractivity contribution >= 4 is 29.3 Å². The van der Waals surface area contributed by atoms with Gasteiger partial charge in [0.2, 0.25) is 0 Å². The van der Waals surface area contributed by atoms with Gasteiger partial charge in [0.1, 0.15) is 6.61 Å². The molecule has 2 amide bonds. The van der Waals surface area contributed by atoms with E-state index in [1.54, 1.807) is 29.2 Å². The highest BCUT2D eigenvalue weighted by molar-refractivity contribution is 6.30. The van der Waals surface area contributed by atoms with Crippen LogP contribution in [0, 0.1) is 0 Å². The number of carbonyl (C=O) groups excluding carboxylic acids is 2. The van der Waals surface area contributed by atoms with Gasteiger partial charge < -0.3 is 14.8 Å². The predicted octanol–water partition coefficient (Wildman–Crippen LogP) is 3.43. The van der Waals surface area contributed by atoms with Crippen LogP contribution in [0.25, 0.3) is 0 Å². The molecular weight excluding hydrogens is 380 g/mol. The lowest BCUT2D eigenvalue weighted by molar-refractivity contribution is 0.0877. The molecule has 0 saturated carbocycles. The molecule has 6 nitrogen and oxygen atoms in total. The van der Waals surface area contributed by atoms with Crippen LogP contribution in [-0.4, -0.2) is 43.9 Å². The van der Waals surface area contributed by atoms with Gasteiger partial charge in [-0.15, -0.1) is 0 Å². The van der Waals surface area contributed by atoms with Crippen molar-refractivity contribution in [2.45, 2.75) is 18.4 Å². The Bertz CT molecular complexity index is 861. The van der Waals surface area contributed by atoms with Gasteiger partial charge in [-0.05, 0) is 54.8 Å². The summed E-state index contributed by atoms with van der Waals surface area (Å²) in [5.41, 5.74) is 1.92. The molecule has 1 N–H and O–H groups in total. The third-order valence-electron chi connectivity index (χ3n) is 5.14. The Balaban J connectivity index is 1.47. The van der Waals surface area contributed by atoms with E-state index in [0.717, 1.165) is 17.7 Å². The maximum absolute atomic E-state index is 12.9. The molecule has 146 valence electrons. The van der Waals surface area contributed by atoms with E-state index in [9.17, 15) is 9.59 Å². The third-order valence-corrected chi connectivity index (χ3v) is 5.39. The number of anilines is 1. The zero-order valence-electron chi connectivity index (χ0n) is 15.3. The van der Waals surface area contributed by atoms with Crippen LogP contribution in [0.5, 0.6) is 0 Å². The summed E-state index contributed by atoms with van der Waals surface area (Å²) in [6.45, 7) is 1.99. The Hall–Kier alpha value is -2.57. The molecule has 0 radical (unpaired) electrons. The molecule has 28 heavy (non-hydrogen) atoms. The van der Waals surface area contributed by atoms with E-state index in [0.29, 0.717) is 43.4 Å². The first-order valence-corrected chi connectivity index (χ1v) is 9.62. The van der Waals surface area contributed by atoms with Crippen LogP contribution in [0.3, 0.4) is 0 Å². The first-order valence-electron chi connectivity index (χ1n) is 9.24. The number of ether oxygens (including phenoxy) is 2. The van der Waals surface area contributed by atoms with Gasteiger partial charge in [-0.1, -0.05) is 23.7 Å². The Morgan fingerprint density at radius 1 is 1.11 bits per heavy atom. The standard InChI is InChI=1S/C21H21ClN2O4/c22-17-5-1-15(2-6-17)13-21(9-11-27-14-21)23-19(25)16-3-7-18(8-4-16)24-10-12-28-20(24)26/h1-8H,9-14H2,(H,23,25). The SMILES string of the molecule is O=C(NC1(Cc2ccc(Cl)cc2)CCOC1)c1ccc(N2CCOC2=O)cc1. The van der Waals surface area contributed by atoms with E-state index in [4.69, 9.17) is 21.1 Å². The second kappa shape index (κ2) is 7.81. The monoisotopic (exact) mass is 400 g/mol. The normalized spacial score (nSPS) is 21.6. The van der Waals surface area contributed by atoms with Gasteiger partial charge in [-0.2, -0.15) is 0 Å². The number of amides is 2. The van der Waals surface area contributed by atoms with Crippen LogP contribution in [0.1, 0.15) is 22.3 Å². The Morgan fingerprint density at radius 2 is 1.86 bits per heavy atom. The molecule has 1 atom stereocenters. The highest BCUT2D eigenvalue weighted by atomic mass is 35.5. The molecule has 0 aromatic heterocycles. The summed E-state index contributed by atoms with van der Waals surface area (Å²) in [5, 5.41) is 3.85. The maximum atomic E-state index is 12.9. The van der Waals surface area contributed by atoms with Crippen molar-refractivity contribution in [3.8, 4) is 0 Å². The van der Waals surface area contributed by atoms with Crippen molar-refractivity contribution in [3.05, 3.63) is 64.7 Å². The number of hydrogen-bond donors (Lipinski definition) is 1. The van der Waals surface area contributed by atoms with Gasteiger partial charge in [0.05, 0.1) is 18.7 Å². The van der Waals surface area contributed by atoms with Crippen LogP contribution >= 0.6 is 11.6 Å². The number of cyclic esters (lactones) is 1. The maximum Gasteiger partial charge on any atom is 0.414 e. The zero-order valence-corrected chi connectivity index (χ0v) is 16.1. The first kappa shape index (κ1) is 18.8. The number of nitrogens with zero attached hydrogens (tertiary/aromatic N) is 1. The first-order chi connectivity index (χ1) is 13.5. The Kier molecular flexibility index (Phi) is 5.24. The van der Waals surface area contributed by atoms with Crippen LogP contribution < -0.4 is 10.2 Å². The molecule has 2 aromatic carbocycles. The fourth-order valence-corrected chi connectivity index (χ4v) is 3.74. The molecule has 2 aliphatic heterocycles. The molecule has 2 aromatic rings. The summed E-state index contributed by atoms with van der Waals surface area (Å²) in [7, 11) is 0. The minimum Gasteiger partial charge on any atom is -0.447 e. The lowest BCUT2D eigenvalue weighted by Gasteiger charge is -2.29. The molecule has 0 aliphatic carbocycles. The largest absolute Gasteiger partial charge is 0.447 e. The average Bonchev–Trinajstić information content (AvgIpc) is 3.33. The fraction of sp³-hybridized carbons (Fsp3) is 0.333. The van der Waals surface area contributed by atoms with Gasteiger partial charge in [-0.3, -0.25) is 9.69 Å². The Labute approximate surface area is 168 Å². The quantitative estimate of drug-likeness (QED) is 0.834. The zero-order chi connectivity index (χ0) is 19.6. The lowest BCUT2D eigenvalue weighted by Crippen LogP contribution is -2.50. The van der Waals surface area contributed by atoms with Crippen molar-refractivity contribution in [1.29, 1.82) is 0 Å². The highest BCUT2D eigenvalue weighted by Gasteiger charge is 2.37. The van der Waals surface area contributed by atoms with Gasteiger partial charge in [0.15, 0.2) is 0 Å². The molecule has 0 spiro atoms. The van der Waals surface area contributed by atoms with Gasteiger partial charge in [-0.25, -0.2) is 4.79 Å². The summed E-state index contributed by atoms with van der Waals surface area (Å²) in [5.74, 6) is -0.157. The molecule has 2 fully saturated rings. The number of halogens is 1. The summed E-state index contributed by atoms with van der Waals surface area (Å²) >= 11 is 5.97. The summed E-state index contributed by atoms with van der Waals surface area (Å²) in [6, 6.07) is 14.6. The van der Waals surface area contributed by atoms with Crippen LogP contribution in [0.15, 0.2) is 48.5 Å². The summed E-state index contributed by atoms with van der Waals surface area (Å²) in [4.78, 5) is 26.1. The van der Waals surface area contributed by atoms with E-state index in [1.165, 1.54) is 0 Å². The van der Waals surface area contributed by atoms with Crippen molar-refractivity contribution in [2.75, 3.05) is 31.3 Å². The topological polar surface area (TPSA) is 67.9 Å². The number of benzene rings is 2. The van der Waals surface area contributed by atoms with E-state index in [2.05, 4.69) is 5.32 Å². The van der Waals surface area contributed by atoms with Crippen molar-refractivity contribution in [1.82, 2.24) is 5.32 Å². The number of hydrogen-bond acceptors (Lipinski definition) is 4. The van der Waals surface area contributed by atoms with Gasteiger partial charge >= 0.3 is 6.09 Å². The molecule has 4 rings (SSSR count). The summed E-state index contributed by atoms with van der Waals surface area (Å²) in [6.07, 6.45) is 1.06. The second-order valence-corrected chi connectivity index (χ2v) is 7.59. The molecular formula is C21H21ClN2O4. The fourth-order valence-electron chi connectivity index (χ4n) is 3.62. The lowest BCUT2D eigenvalue weighted by atomic mass is 9.89. The highest BCUT2D eigenvalue weighted by Crippen LogP contribution is 2.26. The minimum absolute atomic E-state index is 0.157. The molecule has 2 aliphatic rings. The van der Waals surface area contributed by atoms with E-state index in [1.807, 2.05) is 24.3 Å². The molecule has 0 bridgehead atoms. The molecule has 2 saturated heterocycles. The molecule has 7 heteroatoms. The van der Waals surface area contributed by atoms with Crippen molar-refractivity contribution < 1.29 is 19.1 Å². The molecule has 1 unspecified atom stereocenters. The second-order valence-electron chi connectivity index (χ2n) is 7.15. The van der Waals surface area contributed by atoms with E-state index >= 15 is 0 Å². The smallest absolute Gasteiger partial charge is 0.414 e. The van der Waals surface area contributed by atoms with Crippen LogP contribution in [0.4, 0.5) is 10.5 Å². The number of rotatable bonds is 5. The van der Waals surface area contributed by atoms with Crippen LogP contribution in [-0.2, 0) is 15.9 Å². The predicted molar refractivity (Wildman–Crippen MR) is 106 cm³/mol. The summed E-state index contributed by atoms with van der Waals surface area (Å²) < 4.78 is 10.5. The van der Waals surface area contributed by atoms with Gasteiger partial charge in [0.25, 0.3) is 5.91 Å². The van der Waals surface area contributed by atoms with Gasteiger partial charge in [0, 0.05) is 22.9 Å². The van der Waals surface area contributed by atoms with Crippen molar-refractivity contribution in [3.63, 3.8) is 0 Å².